The number of unbranched alkanes of at least 4 members (excludes halogenated alkanes) is 2. The molecule has 2 amide bonds. The molecule has 1 aliphatic carbocycles. The number of rotatable bonds is 10. The minimum atomic E-state index is -0.0463. The van der Waals surface area contributed by atoms with Crippen molar-refractivity contribution in [3.8, 4) is 11.5 Å². The number of benzene rings is 1. The summed E-state index contributed by atoms with van der Waals surface area (Å²) in [6, 6.07) is 5.82. The number of thiocarbonyl (C=S) groups is 1. The van der Waals surface area contributed by atoms with Gasteiger partial charge in [-0.2, -0.15) is 0 Å². The number of piperidine rings is 1. The molecule has 1 saturated carbocycles. The molecular weight excluding hydrogens is 504 g/mol. The van der Waals surface area contributed by atoms with Gasteiger partial charge in [0.25, 0.3) is 5.91 Å². The highest BCUT2D eigenvalue weighted by Crippen LogP contribution is 2.36. The van der Waals surface area contributed by atoms with E-state index in [4.69, 9.17) is 21.7 Å². The lowest BCUT2D eigenvalue weighted by atomic mass is 9.98. The zero-order chi connectivity index (χ0) is 26.2. The summed E-state index contributed by atoms with van der Waals surface area (Å²) in [5.41, 5.74) is 0.888. The van der Waals surface area contributed by atoms with E-state index in [1.165, 1.54) is 31.0 Å². The predicted molar refractivity (Wildman–Crippen MR) is 154 cm³/mol. The molecule has 0 radical (unpaired) electrons. The highest BCUT2D eigenvalue weighted by atomic mass is 32.2. The topological polar surface area (TPSA) is 59.1 Å². The second-order valence-corrected chi connectivity index (χ2v) is 12.2. The Balaban J connectivity index is 1.25. The number of nitrogens with zero attached hydrogens (tertiary/aromatic N) is 2. The lowest BCUT2D eigenvalue weighted by Crippen LogP contribution is -2.37. The van der Waals surface area contributed by atoms with E-state index in [1.54, 1.807) is 12.0 Å². The van der Waals surface area contributed by atoms with Crippen molar-refractivity contribution in [2.75, 3.05) is 26.7 Å². The van der Waals surface area contributed by atoms with Crippen LogP contribution in [0.1, 0.15) is 83.1 Å². The molecule has 0 unspecified atom stereocenters. The van der Waals surface area contributed by atoms with Gasteiger partial charge in [-0.3, -0.25) is 14.5 Å². The summed E-state index contributed by atoms with van der Waals surface area (Å²) in [4.78, 5) is 29.8. The van der Waals surface area contributed by atoms with Crippen LogP contribution >= 0.6 is 24.0 Å². The average Bonchev–Trinajstić information content (AvgIpc) is 3.17. The van der Waals surface area contributed by atoms with Crippen molar-refractivity contribution in [2.45, 2.75) is 83.7 Å². The van der Waals surface area contributed by atoms with Gasteiger partial charge in [0.2, 0.25) is 5.91 Å². The Kier molecular flexibility index (Phi) is 10.3. The summed E-state index contributed by atoms with van der Waals surface area (Å²) >= 11 is 6.85. The lowest BCUT2D eigenvalue weighted by Gasteiger charge is -2.30. The summed E-state index contributed by atoms with van der Waals surface area (Å²) in [6.45, 7) is 4.63. The molecule has 0 atom stereocenters. The van der Waals surface area contributed by atoms with Crippen molar-refractivity contribution in [3.05, 3.63) is 28.7 Å². The van der Waals surface area contributed by atoms with Gasteiger partial charge < -0.3 is 14.4 Å². The van der Waals surface area contributed by atoms with E-state index in [-0.39, 0.29) is 17.9 Å². The van der Waals surface area contributed by atoms with Crippen molar-refractivity contribution in [1.82, 2.24) is 9.80 Å². The molecule has 8 heteroatoms. The van der Waals surface area contributed by atoms with E-state index in [0.717, 1.165) is 75.3 Å². The van der Waals surface area contributed by atoms with Crippen LogP contribution in [0.15, 0.2) is 23.1 Å². The van der Waals surface area contributed by atoms with Crippen LogP contribution in [0.5, 0.6) is 11.5 Å². The van der Waals surface area contributed by atoms with Crippen LogP contribution in [-0.2, 0) is 9.59 Å². The number of amides is 2. The van der Waals surface area contributed by atoms with E-state index in [1.807, 2.05) is 29.2 Å². The predicted octanol–water partition coefficient (Wildman–Crippen LogP) is 6.43. The zero-order valence-electron chi connectivity index (χ0n) is 22.2. The van der Waals surface area contributed by atoms with Crippen LogP contribution < -0.4 is 9.47 Å². The van der Waals surface area contributed by atoms with Crippen molar-refractivity contribution >= 4 is 46.2 Å². The number of hydrogen-bond acceptors (Lipinski definition) is 6. The van der Waals surface area contributed by atoms with Gasteiger partial charge in [-0.1, -0.05) is 49.8 Å². The molecule has 6 nitrogen and oxygen atoms in total. The maximum Gasteiger partial charge on any atom is 0.266 e. The van der Waals surface area contributed by atoms with Crippen LogP contribution in [0.4, 0.5) is 0 Å². The molecule has 1 aromatic carbocycles. The fourth-order valence-electron chi connectivity index (χ4n) is 5.22. The monoisotopic (exact) mass is 544 g/mol. The van der Waals surface area contributed by atoms with Gasteiger partial charge in [0, 0.05) is 26.1 Å². The first-order chi connectivity index (χ1) is 17.9. The molecule has 3 aliphatic rings. The second kappa shape index (κ2) is 13.7. The number of ether oxygens (including phenoxy) is 2. The summed E-state index contributed by atoms with van der Waals surface area (Å²) in [5, 5.41) is 0. The van der Waals surface area contributed by atoms with Crippen molar-refractivity contribution < 1.29 is 19.1 Å². The van der Waals surface area contributed by atoms with E-state index in [9.17, 15) is 9.59 Å². The van der Waals surface area contributed by atoms with Gasteiger partial charge in [-0.05, 0) is 81.1 Å². The number of thioether (sulfide) groups is 1. The van der Waals surface area contributed by atoms with Gasteiger partial charge in [-0.15, -0.1) is 0 Å². The van der Waals surface area contributed by atoms with Crippen LogP contribution in [-0.4, -0.2) is 58.8 Å². The standard InChI is InChI=1S/C29H40N2O4S2/c1-21-14-17-30(18-15-21)27(32)11-7-4-8-16-31-28(33)26(37-29(31)36)20-22-12-13-24(25(19-22)34-2)35-23-9-5-3-6-10-23/h12-13,19-21,23H,3-11,14-18H2,1-2H3/b26-20-. The van der Waals surface area contributed by atoms with E-state index >= 15 is 0 Å². The van der Waals surface area contributed by atoms with Gasteiger partial charge in [0.15, 0.2) is 11.5 Å². The molecule has 1 aromatic rings. The van der Waals surface area contributed by atoms with Gasteiger partial charge in [0.1, 0.15) is 4.32 Å². The molecule has 2 heterocycles. The fourth-order valence-corrected chi connectivity index (χ4v) is 6.53. The minimum absolute atomic E-state index is 0.0463. The first-order valence-electron chi connectivity index (χ1n) is 13.8. The first-order valence-corrected chi connectivity index (χ1v) is 15.0. The number of likely N-dealkylation sites (tertiary alicyclic amines) is 1. The molecular formula is C29H40N2O4S2. The smallest absolute Gasteiger partial charge is 0.266 e. The molecule has 0 bridgehead atoms. The Morgan fingerprint density at radius 2 is 1.84 bits per heavy atom. The molecule has 2 saturated heterocycles. The molecule has 3 fully saturated rings. The van der Waals surface area contributed by atoms with E-state index in [0.29, 0.717) is 27.9 Å². The fraction of sp³-hybridized carbons (Fsp3) is 0.621. The molecule has 0 spiro atoms. The zero-order valence-corrected chi connectivity index (χ0v) is 23.8. The summed E-state index contributed by atoms with van der Waals surface area (Å²) in [7, 11) is 1.65. The van der Waals surface area contributed by atoms with E-state index in [2.05, 4.69) is 6.92 Å². The summed E-state index contributed by atoms with van der Waals surface area (Å²) in [6.07, 6.45) is 13.4. The average molecular weight is 545 g/mol. The molecule has 0 aromatic heterocycles. The third-order valence-corrected chi connectivity index (χ3v) is 8.99. The van der Waals surface area contributed by atoms with Crippen molar-refractivity contribution in [2.24, 2.45) is 5.92 Å². The Morgan fingerprint density at radius 1 is 1.08 bits per heavy atom. The Hall–Kier alpha value is -2.06. The Labute approximate surface area is 231 Å². The highest BCUT2D eigenvalue weighted by molar-refractivity contribution is 8.26. The third kappa shape index (κ3) is 7.73. The van der Waals surface area contributed by atoms with E-state index < -0.39 is 0 Å². The number of hydrogen-bond donors (Lipinski definition) is 0. The molecule has 4 rings (SSSR count). The van der Waals surface area contributed by atoms with Gasteiger partial charge in [0.05, 0.1) is 18.1 Å². The Morgan fingerprint density at radius 3 is 2.57 bits per heavy atom. The van der Waals surface area contributed by atoms with Gasteiger partial charge >= 0.3 is 0 Å². The van der Waals surface area contributed by atoms with Crippen LogP contribution in [0, 0.1) is 5.92 Å². The lowest BCUT2D eigenvalue weighted by molar-refractivity contribution is -0.132. The normalized spacial score (nSPS) is 20.6. The molecule has 37 heavy (non-hydrogen) atoms. The Bertz CT molecular complexity index is 998. The number of methoxy groups -OCH3 is 1. The SMILES string of the molecule is COc1cc(/C=C2\SC(=S)N(CCCCCC(=O)N3CCC(C)CC3)C2=O)ccc1OC1CCCCC1. The van der Waals surface area contributed by atoms with Crippen LogP contribution in [0.25, 0.3) is 6.08 Å². The van der Waals surface area contributed by atoms with Crippen LogP contribution in [0.2, 0.25) is 0 Å². The summed E-state index contributed by atoms with van der Waals surface area (Å²) in [5.74, 6) is 2.39. The molecule has 202 valence electrons. The van der Waals surface area contributed by atoms with Gasteiger partial charge in [-0.25, -0.2) is 0 Å². The van der Waals surface area contributed by atoms with Crippen molar-refractivity contribution in [1.29, 1.82) is 0 Å². The minimum Gasteiger partial charge on any atom is -0.493 e. The first kappa shape index (κ1) is 28.0. The number of carbonyl (C=O) groups excluding carboxylic acids is 2. The largest absolute Gasteiger partial charge is 0.493 e. The quantitative estimate of drug-likeness (QED) is 0.192. The maximum absolute atomic E-state index is 13.0. The maximum atomic E-state index is 13.0. The van der Waals surface area contributed by atoms with Crippen LogP contribution in [0.3, 0.4) is 0 Å². The molecule has 2 aliphatic heterocycles. The molecule has 0 N–H and O–H groups in total. The third-order valence-electron chi connectivity index (χ3n) is 7.61. The van der Waals surface area contributed by atoms with Crippen molar-refractivity contribution in [3.63, 3.8) is 0 Å². The highest BCUT2D eigenvalue weighted by Gasteiger charge is 2.31. The second-order valence-electron chi connectivity index (χ2n) is 10.5. The number of carbonyl (C=O) groups is 2. The summed E-state index contributed by atoms with van der Waals surface area (Å²) < 4.78 is 12.4.